The maximum absolute atomic E-state index is 12.4. The SMILES string of the molecule is CCOc1ccc(NC(=O)c2cc(C)n(C(C)(C)C)n2)cc1CO. The lowest BCUT2D eigenvalue weighted by Crippen LogP contribution is -2.25. The average molecular weight is 331 g/mol. The predicted molar refractivity (Wildman–Crippen MR) is 93.4 cm³/mol. The normalized spacial score (nSPS) is 11.4. The van der Waals surface area contributed by atoms with E-state index in [2.05, 4.69) is 10.4 Å². The highest BCUT2D eigenvalue weighted by molar-refractivity contribution is 6.03. The van der Waals surface area contributed by atoms with E-state index in [9.17, 15) is 9.90 Å². The van der Waals surface area contributed by atoms with Gasteiger partial charge in [-0.05, 0) is 58.9 Å². The van der Waals surface area contributed by atoms with Crippen molar-refractivity contribution < 1.29 is 14.6 Å². The summed E-state index contributed by atoms with van der Waals surface area (Å²) in [4.78, 5) is 12.4. The summed E-state index contributed by atoms with van der Waals surface area (Å²) in [5.41, 5.74) is 2.32. The molecule has 2 N–H and O–H groups in total. The molecular formula is C18H25N3O3. The second kappa shape index (κ2) is 7.05. The zero-order chi connectivity index (χ0) is 17.9. The molecule has 6 heteroatoms. The van der Waals surface area contributed by atoms with Gasteiger partial charge in [0, 0.05) is 16.9 Å². The second-order valence-electron chi connectivity index (χ2n) is 6.62. The molecule has 2 rings (SSSR count). The Kier molecular flexibility index (Phi) is 5.29. The number of aliphatic hydroxyl groups is 1. The van der Waals surface area contributed by atoms with Crippen molar-refractivity contribution in [3.63, 3.8) is 0 Å². The van der Waals surface area contributed by atoms with E-state index in [0.29, 0.717) is 29.3 Å². The van der Waals surface area contributed by atoms with Gasteiger partial charge in [0.1, 0.15) is 5.75 Å². The van der Waals surface area contributed by atoms with Crippen molar-refractivity contribution >= 4 is 11.6 Å². The summed E-state index contributed by atoms with van der Waals surface area (Å²) in [5, 5.41) is 16.7. The molecule has 1 aromatic heterocycles. The monoisotopic (exact) mass is 331 g/mol. The molecule has 0 spiro atoms. The summed E-state index contributed by atoms with van der Waals surface area (Å²) in [6, 6.07) is 6.96. The first kappa shape index (κ1) is 18.0. The minimum absolute atomic E-state index is 0.156. The van der Waals surface area contributed by atoms with Gasteiger partial charge in [-0.2, -0.15) is 5.10 Å². The molecule has 0 aliphatic carbocycles. The Balaban J connectivity index is 2.21. The standard InChI is InChI=1S/C18H25N3O3/c1-6-24-16-8-7-14(10-13(16)11-22)19-17(23)15-9-12(2)21(20-15)18(3,4)5/h7-10,22H,6,11H2,1-5H3,(H,19,23). The third-order valence-corrected chi connectivity index (χ3v) is 3.54. The highest BCUT2D eigenvalue weighted by Gasteiger charge is 2.20. The molecule has 0 radical (unpaired) electrons. The van der Waals surface area contributed by atoms with Crippen molar-refractivity contribution in [1.29, 1.82) is 0 Å². The molecular weight excluding hydrogens is 306 g/mol. The summed E-state index contributed by atoms with van der Waals surface area (Å²) < 4.78 is 7.27. The summed E-state index contributed by atoms with van der Waals surface area (Å²) in [5.74, 6) is 0.333. The van der Waals surface area contributed by atoms with E-state index in [1.54, 1.807) is 24.3 Å². The number of hydrogen-bond donors (Lipinski definition) is 2. The molecule has 6 nitrogen and oxygen atoms in total. The first-order valence-corrected chi connectivity index (χ1v) is 8.01. The van der Waals surface area contributed by atoms with E-state index in [4.69, 9.17) is 4.74 Å². The number of anilines is 1. The number of nitrogens with zero attached hydrogens (tertiary/aromatic N) is 2. The van der Waals surface area contributed by atoms with Crippen molar-refractivity contribution in [3.05, 3.63) is 41.2 Å². The third-order valence-electron chi connectivity index (χ3n) is 3.54. The van der Waals surface area contributed by atoms with Gasteiger partial charge in [0.15, 0.2) is 5.69 Å². The molecule has 24 heavy (non-hydrogen) atoms. The van der Waals surface area contributed by atoms with E-state index >= 15 is 0 Å². The van der Waals surface area contributed by atoms with Crippen molar-refractivity contribution in [3.8, 4) is 5.75 Å². The Labute approximate surface area is 142 Å². The molecule has 0 aliphatic heterocycles. The maximum atomic E-state index is 12.4. The van der Waals surface area contributed by atoms with Gasteiger partial charge in [0.05, 0.1) is 18.8 Å². The number of hydrogen-bond acceptors (Lipinski definition) is 4. The molecule has 0 saturated heterocycles. The van der Waals surface area contributed by atoms with Crippen LogP contribution in [-0.4, -0.2) is 27.4 Å². The Hall–Kier alpha value is -2.34. The molecule has 2 aromatic rings. The van der Waals surface area contributed by atoms with Gasteiger partial charge >= 0.3 is 0 Å². The topological polar surface area (TPSA) is 76.4 Å². The summed E-state index contributed by atoms with van der Waals surface area (Å²) >= 11 is 0. The van der Waals surface area contributed by atoms with Gasteiger partial charge in [0.2, 0.25) is 0 Å². The Morgan fingerprint density at radius 3 is 2.58 bits per heavy atom. The zero-order valence-corrected chi connectivity index (χ0v) is 14.9. The summed E-state index contributed by atoms with van der Waals surface area (Å²) in [7, 11) is 0. The number of aliphatic hydroxyl groups excluding tert-OH is 1. The van der Waals surface area contributed by atoms with Crippen LogP contribution in [0.3, 0.4) is 0 Å². The lowest BCUT2D eigenvalue weighted by Gasteiger charge is -2.21. The fraction of sp³-hybridized carbons (Fsp3) is 0.444. The van der Waals surface area contributed by atoms with Crippen molar-refractivity contribution in [2.24, 2.45) is 0 Å². The molecule has 1 heterocycles. The van der Waals surface area contributed by atoms with Crippen LogP contribution in [0.2, 0.25) is 0 Å². The number of benzene rings is 1. The molecule has 0 bridgehead atoms. The minimum Gasteiger partial charge on any atom is -0.494 e. The van der Waals surface area contributed by atoms with Crippen LogP contribution < -0.4 is 10.1 Å². The molecule has 130 valence electrons. The number of rotatable bonds is 5. The first-order chi connectivity index (χ1) is 11.3. The number of aryl methyl sites for hydroxylation is 1. The number of carbonyl (C=O) groups is 1. The van der Waals surface area contributed by atoms with Gasteiger partial charge in [-0.3, -0.25) is 9.48 Å². The maximum Gasteiger partial charge on any atom is 0.276 e. The van der Waals surface area contributed by atoms with E-state index in [1.165, 1.54) is 0 Å². The number of carbonyl (C=O) groups excluding carboxylic acids is 1. The number of nitrogens with one attached hydrogen (secondary N) is 1. The van der Waals surface area contributed by atoms with E-state index in [-0.39, 0.29) is 18.1 Å². The average Bonchev–Trinajstić information content (AvgIpc) is 2.91. The molecule has 1 aromatic carbocycles. The van der Waals surface area contributed by atoms with Crippen LogP contribution in [0.1, 0.15) is 49.4 Å². The molecule has 0 atom stereocenters. The Morgan fingerprint density at radius 2 is 2.04 bits per heavy atom. The summed E-state index contributed by atoms with van der Waals surface area (Å²) in [6.07, 6.45) is 0. The molecule has 0 aliphatic rings. The smallest absolute Gasteiger partial charge is 0.276 e. The van der Waals surface area contributed by atoms with Crippen LogP contribution in [0.15, 0.2) is 24.3 Å². The number of amides is 1. The molecule has 0 unspecified atom stereocenters. The third kappa shape index (κ3) is 3.94. The second-order valence-corrected chi connectivity index (χ2v) is 6.62. The van der Waals surface area contributed by atoms with Crippen LogP contribution in [0.4, 0.5) is 5.69 Å². The minimum atomic E-state index is -0.283. The first-order valence-electron chi connectivity index (χ1n) is 8.01. The van der Waals surface area contributed by atoms with Crippen LogP contribution >= 0.6 is 0 Å². The van der Waals surface area contributed by atoms with E-state index in [0.717, 1.165) is 5.69 Å². The lowest BCUT2D eigenvalue weighted by molar-refractivity contribution is 0.102. The number of aromatic nitrogens is 2. The largest absolute Gasteiger partial charge is 0.494 e. The molecule has 1 amide bonds. The van der Waals surface area contributed by atoms with Crippen molar-refractivity contribution in [2.45, 2.75) is 46.8 Å². The quantitative estimate of drug-likeness (QED) is 0.883. The fourth-order valence-corrected chi connectivity index (χ4v) is 2.54. The van der Waals surface area contributed by atoms with E-state index in [1.807, 2.05) is 39.3 Å². The lowest BCUT2D eigenvalue weighted by atomic mass is 10.1. The van der Waals surface area contributed by atoms with Gasteiger partial charge in [-0.25, -0.2) is 0 Å². The fourth-order valence-electron chi connectivity index (χ4n) is 2.54. The molecule has 0 fully saturated rings. The van der Waals surface area contributed by atoms with Crippen LogP contribution in [0, 0.1) is 6.92 Å². The van der Waals surface area contributed by atoms with Crippen LogP contribution in [0.25, 0.3) is 0 Å². The Morgan fingerprint density at radius 1 is 1.33 bits per heavy atom. The summed E-state index contributed by atoms with van der Waals surface area (Å²) in [6.45, 7) is 10.3. The van der Waals surface area contributed by atoms with Gasteiger partial charge in [-0.1, -0.05) is 0 Å². The van der Waals surface area contributed by atoms with Gasteiger partial charge in [-0.15, -0.1) is 0 Å². The highest BCUT2D eigenvalue weighted by atomic mass is 16.5. The predicted octanol–water partition coefficient (Wildman–Crippen LogP) is 3.09. The van der Waals surface area contributed by atoms with Crippen LogP contribution in [0.5, 0.6) is 5.75 Å². The highest BCUT2D eigenvalue weighted by Crippen LogP contribution is 2.24. The molecule has 0 saturated carbocycles. The van der Waals surface area contributed by atoms with E-state index < -0.39 is 0 Å². The van der Waals surface area contributed by atoms with Gasteiger partial charge in [0.25, 0.3) is 5.91 Å². The Bertz CT molecular complexity index is 730. The van der Waals surface area contributed by atoms with Crippen molar-refractivity contribution in [2.75, 3.05) is 11.9 Å². The van der Waals surface area contributed by atoms with Crippen LogP contribution in [-0.2, 0) is 12.1 Å². The van der Waals surface area contributed by atoms with Crippen molar-refractivity contribution in [1.82, 2.24) is 9.78 Å². The zero-order valence-electron chi connectivity index (χ0n) is 14.9. The van der Waals surface area contributed by atoms with Gasteiger partial charge < -0.3 is 15.2 Å². The number of ether oxygens (including phenoxy) is 1.